The molecule has 2 heterocycles. The fourth-order valence-electron chi connectivity index (χ4n) is 2.11. The summed E-state index contributed by atoms with van der Waals surface area (Å²) in [6, 6.07) is -0.891. The van der Waals surface area contributed by atoms with Gasteiger partial charge in [-0.15, -0.1) is 0 Å². The largest absolute Gasteiger partial charge is 0.390 e. The second-order valence-electron chi connectivity index (χ2n) is 4.39. The number of alkyl halides is 3. The highest BCUT2D eigenvalue weighted by atomic mass is 32.2. The third-order valence-electron chi connectivity index (χ3n) is 3.07. The Balaban J connectivity index is 2.07. The lowest BCUT2D eigenvalue weighted by molar-refractivity contribution is -0.174. The van der Waals surface area contributed by atoms with Crippen LogP contribution in [0.2, 0.25) is 0 Å². The second-order valence-corrected chi connectivity index (χ2v) is 5.48. The average molecular weight is 300 g/mol. The molecule has 1 saturated heterocycles. The zero-order valence-corrected chi connectivity index (χ0v) is 10.9. The van der Waals surface area contributed by atoms with Crippen LogP contribution in [0.5, 0.6) is 0 Å². The molecule has 2 aliphatic rings. The summed E-state index contributed by atoms with van der Waals surface area (Å²) in [7, 11) is 1.61. The van der Waals surface area contributed by atoms with Gasteiger partial charge in [-0.05, 0) is 0 Å². The molecule has 0 saturated carbocycles. The summed E-state index contributed by atoms with van der Waals surface area (Å²) in [4.78, 5) is 3.99. The minimum absolute atomic E-state index is 0.453. The number of rotatable bonds is 3. The molecular weight excluding hydrogens is 285 g/mol. The zero-order chi connectivity index (χ0) is 14.2. The minimum atomic E-state index is -2.75. The maximum Gasteiger partial charge on any atom is 0.241 e. The summed E-state index contributed by atoms with van der Waals surface area (Å²) in [6.45, 7) is 0. The average Bonchev–Trinajstić information content (AvgIpc) is 2.76. The van der Waals surface area contributed by atoms with Gasteiger partial charge in [-0.1, -0.05) is 11.8 Å². The predicted octanol–water partition coefficient (Wildman–Crippen LogP) is 0.117. The van der Waals surface area contributed by atoms with Crippen molar-refractivity contribution in [3.05, 3.63) is 0 Å². The van der Waals surface area contributed by atoms with E-state index in [0.717, 1.165) is 11.8 Å². The lowest BCUT2D eigenvalue weighted by atomic mass is 9.95. The van der Waals surface area contributed by atoms with Gasteiger partial charge in [-0.2, -0.15) is 0 Å². The van der Waals surface area contributed by atoms with E-state index in [4.69, 9.17) is 4.74 Å². The topological polar surface area (TPSA) is 74.1 Å². The summed E-state index contributed by atoms with van der Waals surface area (Å²) in [6.07, 6.45) is -10.0. The van der Waals surface area contributed by atoms with E-state index in [1.54, 1.807) is 7.05 Å². The normalized spacial score (nSPS) is 39.9. The molecule has 2 rings (SSSR count). The van der Waals surface area contributed by atoms with Crippen LogP contribution in [0.3, 0.4) is 0 Å². The van der Waals surface area contributed by atoms with Gasteiger partial charge in [0.05, 0.1) is 6.10 Å². The van der Waals surface area contributed by atoms with Gasteiger partial charge in [0.15, 0.2) is 11.3 Å². The van der Waals surface area contributed by atoms with E-state index in [-0.39, 0.29) is 0 Å². The Morgan fingerprint density at radius 1 is 1.53 bits per heavy atom. The molecule has 3 N–H and O–H groups in total. The van der Waals surface area contributed by atoms with Gasteiger partial charge >= 0.3 is 0 Å². The Kier molecular flexibility index (Phi) is 4.59. The number of nitrogens with zero attached hydrogens (tertiary/aromatic N) is 1. The van der Waals surface area contributed by atoms with E-state index in [1.165, 1.54) is 0 Å². The molecule has 0 bridgehead atoms. The van der Waals surface area contributed by atoms with Crippen LogP contribution in [0.15, 0.2) is 4.99 Å². The molecular formula is C10H15F3N2O3S. The molecule has 0 aromatic heterocycles. The first-order chi connectivity index (χ1) is 8.93. The number of nitrogens with one attached hydrogen (secondary N) is 1. The fraction of sp³-hybridized carbons (Fsp3) is 0.900. The van der Waals surface area contributed by atoms with Crippen molar-refractivity contribution in [2.45, 2.75) is 48.8 Å². The fourth-order valence-corrected chi connectivity index (χ4v) is 3.17. The number of hydrogen-bond donors (Lipinski definition) is 3. The number of aliphatic hydroxyl groups excluding tert-OH is 2. The van der Waals surface area contributed by atoms with Gasteiger partial charge in [-0.25, -0.2) is 13.2 Å². The van der Waals surface area contributed by atoms with Crippen LogP contribution in [0, 0.1) is 0 Å². The molecule has 0 aromatic carbocycles. The number of thioether (sulfide) groups is 1. The summed E-state index contributed by atoms with van der Waals surface area (Å²) >= 11 is 1.11. The van der Waals surface area contributed by atoms with E-state index >= 15 is 0 Å². The highest BCUT2D eigenvalue weighted by molar-refractivity contribution is 8.14. The number of aliphatic imine (C=N–C) groups is 1. The molecule has 0 unspecified atom stereocenters. The molecule has 6 atom stereocenters. The van der Waals surface area contributed by atoms with Crippen molar-refractivity contribution in [1.29, 1.82) is 0 Å². The van der Waals surface area contributed by atoms with Crippen molar-refractivity contribution in [1.82, 2.24) is 5.32 Å². The van der Waals surface area contributed by atoms with Gasteiger partial charge in [0, 0.05) is 13.5 Å². The summed E-state index contributed by atoms with van der Waals surface area (Å²) in [5, 5.41) is 22.5. The van der Waals surface area contributed by atoms with Gasteiger partial charge < -0.3 is 20.3 Å². The minimum Gasteiger partial charge on any atom is -0.390 e. The second kappa shape index (κ2) is 5.86. The maximum absolute atomic E-state index is 14.0. The smallest absolute Gasteiger partial charge is 0.241 e. The highest BCUT2D eigenvalue weighted by Gasteiger charge is 2.51. The molecule has 0 aliphatic carbocycles. The monoisotopic (exact) mass is 300 g/mol. The lowest BCUT2D eigenvalue weighted by Gasteiger charge is -2.39. The SMILES string of the molecule is CNC1=N[C@@H]2[C@H](F)[C@H](O)[C@@H]([C@@H](O)CC(F)F)O[C@@H]2S1. The highest BCUT2D eigenvalue weighted by Crippen LogP contribution is 2.38. The number of halogens is 3. The maximum atomic E-state index is 14.0. The molecule has 0 amide bonds. The van der Waals surface area contributed by atoms with Crippen LogP contribution in [-0.4, -0.2) is 64.8 Å². The molecule has 0 radical (unpaired) electrons. The van der Waals surface area contributed by atoms with E-state index in [2.05, 4.69) is 10.3 Å². The van der Waals surface area contributed by atoms with Gasteiger partial charge in [0.1, 0.15) is 23.7 Å². The Morgan fingerprint density at radius 3 is 2.79 bits per heavy atom. The van der Waals surface area contributed by atoms with Crippen LogP contribution < -0.4 is 5.32 Å². The molecule has 5 nitrogen and oxygen atoms in total. The number of aliphatic hydroxyl groups is 2. The summed E-state index contributed by atoms with van der Waals surface area (Å²) in [5.41, 5.74) is -0.724. The Morgan fingerprint density at radius 2 is 2.21 bits per heavy atom. The molecule has 9 heteroatoms. The van der Waals surface area contributed by atoms with E-state index in [9.17, 15) is 23.4 Å². The van der Waals surface area contributed by atoms with Gasteiger partial charge in [0.2, 0.25) is 6.43 Å². The third-order valence-corrected chi connectivity index (χ3v) is 4.22. The van der Waals surface area contributed by atoms with Crippen molar-refractivity contribution >= 4 is 16.9 Å². The first-order valence-corrected chi connectivity index (χ1v) is 6.68. The summed E-state index contributed by atoms with van der Waals surface area (Å²) in [5.74, 6) is 0. The molecule has 1 fully saturated rings. The molecule has 0 spiro atoms. The van der Waals surface area contributed by atoms with Crippen LogP contribution in [0.4, 0.5) is 13.2 Å². The standard InChI is InChI=1S/C10H15F3N2O3S/c1-14-10-15-6-5(13)7(17)8(18-9(6)19-10)3(16)2-4(11)12/h3-9,16-17H,2H2,1H3,(H,14,15)/t3-,5-,6+,7-,8+,9+/m0/s1. The third kappa shape index (κ3) is 2.99. The summed E-state index contributed by atoms with van der Waals surface area (Å²) < 4.78 is 43.8. The van der Waals surface area contributed by atoms with Crippen molar-refractivity contribution in [3.8, 4) is 0 Å². The number of hydrogen-bond acceptors (Lipinski definition) is 6. The van der Waals surface area contributed by atoms with Gasteiger partial charge in [-0.3, -0.25) is 4.99 Å². The number of amidine groups is 1. The number of ether oxygens (including phenoxy) is 1. The Bertz CT molecular complexity index is 361. The molecule has 2 aliphatic heterocycles. The van der Waals surface area contributed by atoms with Crippen molar-refractivity contribution in [2.75, 3.05) is 7.05 Å². The molecule has 19 heavy (non-hydrogen) atoms. The zero-order valence-electron chi connectivity index (χ0n) is 10.0. The Labute approximate surface area is 112 Å². The van der Waals surface area contributed by atoms with E-state index in [1.807, 2.05) is 0 Å². The van der Waals surface area contributed by atoms with Crippen molar-refractivity contribution in [2.24, 2.45) is 4.99 Å². The van der Waals surface area contributed by atoms with Crippen LogP contribution in [-0.2, 0) is 4.74 Å². The van der Waals surface area contributed by atoms with Crippen LogP contribution in [0.1, 0.15) is 6.42 Å². The van der Waals surface area contributed by atoms with E-state index < -0.39 is 48.8 Å². The Hall–Kier alpha value is -0.510. The van der Waals surface area contributed by atoms with E-state index in [0.29, 0.717) is 5.17 Å². The quantitative estimate of drug-likeness (QED) is 0.690. The molecule has 110 valence electrons. The first-order valence-electron chi connectivity index (χ1n) is 5.80. The predicted molar refractivity (Wildman–Crippen MR) is 64.1 cm³/mol. The first kappa shape index (κ1) is 14.9. The molecule has 0 aromatic rings. The lowest BCUT2D eigenvalue weighted by Crippen LogP contribution is -2.57. The van der Waals surface area contributed by atoms with Crippen molar-refractivity contribution in [3.63, 3.8) is 0 Å². The number of fused-ring (bicyclic) bond motifs is 1. The van der Waals surface area contributed by atoms with Gasteiger partial charge in [0.25, 0.3) is 0 Å². The van der Waals surface area contributed by atoms with Crippen LogP contribution >= 0.6 is 11.8 Å². The van der Waals surface area contributed by atoms with Crippen molar-refractivity contribution < 1.29 is 28.1 Å². The van der Waals surface area contributed by atoms with Crippen LogP contribution in [0.25, 0.3) is 0 Å².